The molecule has 0 saturated heterocycles. The van der Waals surface area contributed by atoms with Gasteiger partial charge in [0.05, 0.1) is 31.2 Å². The van der Waals surface area contributed by atoms with E-state index in [9.17, 15) is 2.74 Å². The van der Waals surface area contributed by atoms with Crippen LogP contribution in [0.4, 0.5) is 11.6 Å². The van der Waals surface area contributed by atoms with Gasteiger partial charge in [0.25, 0.3) is 0 Å². The lowest BCUT2D eigenvalue weighted by atomic mass is 9.76. The van der Waals surface area contributed by atoms with Crippen molar-refractivity contribution in [1.29, 1.82) is 0 Å². The number of fused-ring (bicyclic) bond motifs is 13. The largest absolute Gasteiger partial charge is 0.299 e. The van der Waals surface area contributed by atoms with Crippen molar-refractivity contribution in [3.8, 4) is 22.4 Å². The highest BCUT2D eigenvalue weighted by Crippen LogP contribution is 2.59. The van der Waals surface area contributed by atoms with E-state index in [1.807, 2.05) is 72.8 Å². The third-order valence-electron chi connectivity index (χ3n) is 9.68. The molecule has 0 atom stereocenters. The van der Waals surface area contributed by atoms with E-state index in [0.717, 1.165) is 86.3 Å². The number of nitrogens with zero attached hydrogens (tertiary/aromatic N) is 3. The number of anilines is 2. The predicted octanol–water partition coefficient (Wildman–Crippen LogP) is 12.0. The Kier molecular flexibility index (Phi) is 4.90. The second-order valence-corrected chi connectivity index (χ2v) is 13.7. The highest BCUT2D eigenvalue weighted by Gasteiger charge is 2.43. The van der Waals surface area contributed by atoms with E-state index in [0.29, 0.717) is 24.1 Å². The van der Waals surface area contributed by atoms with E-state index in [1.165, 1.54) is 0 Å². The lowest BCUT2D eigenvalue weighted by molar-refractivity contribution is 0.525. The molecule has 7 aromatic carbocycles. The first-order valence-electron chi connectivity index (χ1n) is 17.4. The maximum Gasteiger partial charge on any atom is 0.231 e. The fourth-order valence-electron chi connectivity index (χ4n) is 7.62. The van der Waals surface area contributed by atoms with Gasteiger partial charge >= 0.3 is 0 Å². The van der Waals surface area contributed by atoms with Crippen LogP contribution in [0, 0.1) is 0 Å². The molecule has 1 aliphatic heterocycles. The first-order chi connectivity index (χ1) is 24.3. The normalized spacial score (nSPS) is 14.8. The van der Waals surface area contributed by atoms with Crippen LogP contribution in [-0.2, 0) is 5.54 Å². The van der Waals surface area contributed by atoms with Crippen molar-refractivity contribution in [1.82, 2.24) is 9.97 Å². The van der Waals surface area contributed by atoms with Crippen LogP contribution >= 0.6 is 11.3 Å². The number of thiophene rings is 1. The van der Waals surface area contributed by atoms with E-state index in [1.54, 1.807) is 11.3 Å². The Balaban J connectivity index is 1.46. The van der Waals surface area contributed by atoms with Crippen molar-refractivity contribution >= 4 is 75.6 Å². The Labute approximate surface area is 280 Å². The smallest absolute Gasteiger partial charge is 0.231 e. The van der Waals surface area contributed by atoms with Gasteiger partial charge in [-0.15, -0.1) is 11.3 Å². The van der Waals surface area contributed by atoms with E-state index in [-0.39, 0.29) is 0 Å². The van der Waals surface area contributed by atoms with Crippen LogP contribution in [0.15, 0.2) is 139 Å². The van der Waals surface area contributed by atoms with Gasteiger partial charge in [-0.3, -0.25) is 4.90 Å². The Bertz CT molecular complexity index is 2900. The van der Waals surface area contributed by atoms with Gasteiger partial charge in [-0.2, -0.15) is 0 Å². The lowest BCUT2D eigenvalue weighted by Crippen LogP contribution is -2.42. The number of para-hydroxylation sites is 1. The molecule has 0 unspecified atom stereocenters. The van der Waals surface area contributed by atoms with Gasteiger partial charge in [0.2, 0.25) is 5.95 Å². The number of benzene rings is 7. The molecule has 4 heteroatoms. The molecule has 47 heavy (non-hydrogen) atoms. The summed E-state index contributed by atoms with van der Waals surface area (Å²) in [6.07, 6.45) is 0. The summed E-state index contributed by atoms with van der Waals surface area (Å²) >= 11 is 1.60. The first-order valence-corrected chi connectivity index (χ1v) is 16.7. The minimum absolute atomic E-state index is 0.433. The van der Waals surface area contributed by atoms with Gasteiger partial charge in [-0.25, -0.2) is 9.97 Å². The zero-order chi connectivity index (χ0) is 33.9. The molecule has 9 aromatic rings. The standard InChI is InChI=1S/C43H29N3S/c1-43(2)33-25-24-26-14-6-7-17-28(26)37(33)38-30-19-9-8-18-29(30)36-32-21-11-13-23-35(32)47-41(36)40(38)46(43)42-44-34-22-12-10-20-31(34)39(45-42)27-15-4-3-5-16-27/h3-25H,1-2H3/i18D,23D,25D. The van der Waals surface area contributed by atoms with Crippen LogP contribution in [0.3, 0.4) is 0 Å². The first kappa shape index (κ1) is 23.7. The Morgan fingerprint density at radius 1 is 0.617 bits per heavy atom. The Morgan fingerprint density at radius 2 is 1.32 bits per heavy atom. The van der Waals surface area contributed by atoms with Crippen molar-refractivity contribution in [2.24, 2.45) is 0 Å². The molecule has 0 spiro atoms. The molecule has 0 saturated carbocycles. The van der Waals surface area contributed by atoms with Crippen molar-refractivity contribution in [3.63, 3.8) is 0 Å². The monoisotopic (exact) mass is 622 g/mol. The summed E-state index contributed by atoms with van der Waals surface area (Å²) in [4.78, 5) is 13.0. The summed E-state index contributed by atoms with van der Waals surface area (Å²) in [7, 11) is 0. The van der Waals surface area contributed by atoms with Crippen molar-refractivity contribution < 1.29 is 4.11 Å². The number of aromatic nitrogens is 2. The van der Waals surface area contributed by atoms with Crippen LogP contribution in [0.5, 0.6) is 0 Å². The Hall–Kier alpha value is -5.58. The van der Waals surface area contributed by atoms with Crippen LogP contribution in [0.25, 0.3) is 75.0 Å². The summed E-state index contributed by atoms with van der Waals surface area (Å²) < 4.78 is 29.7. The second kappa shape index (κ2) is 9.71. The second-order valence-electron chi connectivity index (χ2n) is 12.7. The summed E-state index contributed by atoms with van der Waals surface area (Å²) in [5.74, 6) is 0.540. The fraction of sp³-hybridized carbons (Fsp3) is 0.0698. The average molecular weight is 623 g/mol. The van der Waals surface area contributed by atoms with E-state index >= 15 is 0 Å². The SMILES string of the molecule is [2H]c1cc2ccccc2c2c1C(C)(C)N(c1nc(-c3ccccc3)c3ccccc3n1)c1c-2c2cccc([2H])c2c2c1sc1c([2H])cccc12. The molecule has 0 aliphatic carbocycles. The van der Waals surface area contributed by atoms with Crippen molar-refractivity contribution in [3.05, 3.63) is 145 Å². The van der Waals surface area contributed by atoms with Crippen LogP contribution in [0.2, 0.25) is 0 Å². The average Bonchev–Trinajstić information content (AvgIpc) is 3.52. The molecule has 10 rings (SSSR count). The molecule has 0 fully saturated rings. The summed E-state index contributed by atoms with van der Waals surface area (Å²) in [5.41, 5.74) is 5.71. The number of hydrogen-bond donors (Lipinski definition) is 0. The maximum absolute atomic E-state index is 9.59. The topological polar surface area (TPSA) is 29.0 Å². The fourth-order valence-corrected chi connectivity index (χ4v) is 8.84. The quantitative estimate of drug-likeness (QED) is 0.192. The molecule has 1 aliphatic rings. The summed E-state index contributed by atoms with van der Waals surface area (Å²) in [6.45, 7) is 4.34. The minimum Gasteiger partial charge on any atom is -0.299 e. The molecule has 3 heterocycles. The Morgan fingerprint density at radius 3 is 2.19 bits per heavy atom. The number of rotatable bonds is 2. The molecule has 222 valence electrons. The summed E-state index contributed by atoms with van der Waals surface area (Å²) in [5, 5.41) is 6.77. The van der Waals surface area contributed by atoms with Gasteiger partial charge in [-0.05, 0) is 58.6 Å². The molecular formula is C43H29N3S. The van der Waals surface area contributed by atoms with Gasteiger partial charge in [0.15, 0.2) is 0 Å². The molecule has 0 bridgehead atoms. The van der Waals surface area contributed by atoms with Crippen molar-refractivity contribution in [2.45, 2.75) is 19.4 Å². The van der Waals surface area contributed by atoms with Gasteiger partial charge in [0.1, 0.15) is 0 Å². The maximum atomic E-state index is 9.59. The zero-order valence-electron chi connectivity index (χ0n) is 28.8. The van der Waals surface area contributed by atoms with Gasteiger partial charge in [-0.1, -0.05) is 127 Å². The van der Waals surface area contributed by atoms with Crippen LogP contribution in [-0.4, -0.2) is 9.97 Å². The van der Waals surface area contributed by atoms with E-state index < -0.39 is 5.54 Å². The van der Waals surface area contributed by atoms with Crippen LogP contribution < -0.4 is 4.90 Å². The molecule has 0 N–H and O–H groups in total. The van der Waals surface area contributed by atoms with E-state index in [4.69, 9.17) is 11.3 Å². The zero-order valence-corrected chi connectivity index (χ0v) is 26.6. The van der Waals surface area contributed by atoms with Gasteiger partial charge < -0.3 is 0 Å². The third kappa shape index (κ3) is 3.67. The molecule has 3 nitrogen and oxygen atoms in total. The molecule has 0 radical (unpaired) electrons. The molecule has 2 aromatic heterocycles. The third-order valence-corrected chi connectivity index (χ3v) is 10.8. The predicted molar refractivity (Wildman–Crippen MR) is 200 cm³/mol. The highest BCUT2D eigenvalue weighted by molar-refractivity contribution is 7.26. The minimum atomic E-state index is -0.779. The van der Waals surface area contributed by atoms with E-state index in [2.05, 4.69) is 67.3 Å². The molecular weight excluding hydrogens is 591 g/mol. The lowest BCUT2D eigenvalue weighted by Gasteiger charge is -2.46. The van der Waals surface area contributed by atoms with Gasteiger partial charge in [0, 0.05) is 32.0 Å². The number of hydrogen-bond acceptors (Lipinski definition) is 4. The molecule has 0 amide bonds. The highest BCUT2D eigenvalue weighted by atomic mass is 32.1. The summed E-state index contributed by atoms with van der Waals surface area (Å²) in [6, 6.07) is 41.8. The van der Waals surface area contributed by atoms with Crippen molar-refractivity contribution in [2.75, 3.05) is 4.90 Å². The van der Waals surface area contributed by atoms with Crippen LogP contribution in [0.1, 0.15) is 23.5 Å².